The highest BCUT2D eigenvalue weighted by molar-refractivity contribution is 6.29. The molecule has 1 aromatic carbocycles. The van der Waals surface area contributed by atoms with E-state index in [1.165, 1.54) is 23.1 Å². The van der Waals surface area contributed by atoms with Crippen LogP contribution in [-0.4, -0.2) is 34.9 Å². The van der Waals surface area contributed by atoms with Crippen molar-refractivity contribution in [1.29, 1.82) is 0 Å². The van der Waals surface area contributed by atoms with Crippen LogP contribution in [0.5, 0.6) is 0 Å². The maximum Gasteiger partial charge on any atom is 0.246 e. The second kappa shape index (κ2) is 7.02. The molecule has 25 heavy (non-hydrogen) atoms. The maximum absolute atomic E-state index is 13.0. The predicted octanol–water partition coefficient (Wildman–Crippen LogP) is 1.90. The van der Waals surface area contributed by atoms with E-state index in [1.807, 2.05) is 6.92 Å². The van der Waals surface area contributed by atoms with Crippen LogP contribution in [0.25, 0.3) is 0 Å². The van der Waals surface area contributed by atoms with E-state index >= 15 is 0 Å². The molecule has 2 amide bonds. The van der Waals surface area contributed by atoms with E-state index in [-0.39, 0.29) is 36.1 Å². The van der Waals surface area contributed by atoms with E-state index in [1.54, 1.807) is 12.1 Å². The summed E-state index contributed by atoms with van der Waals surface area (Å²) in [6, 6.07) is 7.35. The number of piperazine rings is 1. The summed E-state index contributed by atoms with van der Waals surface area (Å²) >= 11 is 6.04. The molecule has 2 aromatic rings. The summed E-state index contributed by atoms with van der Waals surface area (Å²) in [5, 5.41) is 5.48. The first kappa shape index (κ1) is 17.1. The Morgan fingerprint density at radius 3 is 2.48 bits per heavy atom. The van der Waals surface area contributed by atoms with Crippen molar-refractivity contribution in [3.8, 4) is 0 Å². The molecule has 0 saturated carbocycles. The number of carbonyl (C=O) groups is 2. The van der Waals surface area contributed by atoms with Gasteiger partial charge in [0.2, 0.25) is 17.8 Å². The molecule has 130 valence electrons. The number of nitrogens with one attached hydrogen (secondary N) is 2. The van der Waals surface area contributed by atoms with Crippen LogP contribution in [0.4, 0.5) is 16.2 Å². The van der Waals surface area contributed by atoms with Crippen LogP contribution in [0.2, 0.25) is 5.15 Å². The lowest BCUT2D eigenvalue weighted by atomic mass is 10.1. The molecule has 1 saturated heterocycles. The van der Waals surface area contributed by atoms with Crippen LogP contribution >= 0.6 is 11.6 Å². The van der Waals surface area contributed by atoms with E-state index in [9.17, 15) is 14.0 Å². The number of hydrogen-bond acceptors (Lipinski definition) is 6. The molecule has 0 radical (unpaired) electrons. The lowest BCUT2D eigenvalue weighted by Gasteiger charge is -2.26. The zero-order valence-corrected chi connectivity index (χ0v) is 14.0. The number of benzene rings is 1. The average molecular weight is 364 g/mol. The van der Waals surface area contributed by atoms with Crippen molar-refractivity contribution < 1.29 is 14.0 Å². The molecule has 0 aliphatic carbocycles. The summed E-state index contributed by atoms with van der Waals surface area (Å²) in [5.74, 6) is -0.500. The van der Waals surface area contributed by atoms with E-state index in [0.29, 0.717) is 5.82 Å². The Hall–Kier alpha value is -2.74. The maximum atomic E-state index is 13.0. The Morgan fingerprint density at radius 1 is 1.20 bits per heavy atom. The molecule has 3 rings (SSSR count). The topological polar surface area (TPSA) is 87.2 Å². The summed E-state index contributed by atoms with van der Waals surface area (Å²) in [5.41, 5.74) is 0.846. The molecule has 1 aromatic heterocycles. The number of halogens is 2. The van der Waals surface area contributed by atoms with E-state index in [2.05, 4.69) is 20.6 Å². The summed E-state index contributed by atoms with van der Waals surface area (Å²) in [6.45, 7) is 1.88. The number of amides is 2. The van der Waals surface area contributed by atoms with Crippen molar-refractivity contribution in [2.75, 3.05) is 23.3 Å². The standard InChI is InChI=1S/C16H15ClFN5O2/c1-9(10-2-4-11(18)5-3-10)19-16-20-12(17)6-13(21-16)23-7-14(24)22-15(25)8-23/h2-6,9H,7-8H2,1H3,(H,19,20,21)(H,22,24,25)/t9-/m0/s1. The number of nitrogens with zero attached hydrogens (tertiary/aromatic N) is 3. The van der Waals surface area contributed by atoms with Crippen molar-refractivity contribution in [3.63, 3.8) is 0 Å². The molecule has 2 N–H and O–H groups in total. The van der Waals surface area contributed by atoms with Crippen molar-refractivity contribution in [3.05, 3.63) is 46.9 Å². The van der Waals surface area contributed by atoms with Gasteiger partial charge >= 0.3 is 0 Å². The largest absolute Gasteiger partial charge is 0.348 e. The first-order valence-corrected chi connectivity index (χ1v) is 7.93. The quantitative estimate of drug-likeness (QED) is 0.637. The van der Waals surface area contributed by atoms with Crippen LogP contribution in [0.1, 0.15) is 18.5 Å². The molecule has 1 aliphatic rings. The Morgan fingerprint density at radius 2 is 1.84 bits per heavy atom. The van der Waals surface area contributed by atoms with Gasteiger partial charge in [-0.15, -0.1) is 0 Å². The first-order chi connectivity index (χ1) is 11.9. The van der Waals surface area contributed by atoms with Crippen molar-refractivity contribution >= 4 is 35.2 Å². The van der Waals surface area contributed by atoms with Gasteiger partial charge in [0.15, 0.2) is 0 Å². The monoisotopic (exact) mass is 363 g/mol. The highest BCUT2D eigenvalue weighted by Gasteiger charge is 2.24. The van der Waals surface area contributed by atoms with Gasteiger partial charge in [-0.05, 0) is 24.6 Å². The third-order valence-corrected chi connectivity index (χ3v) is 3.86. The van der Waals surface area contributed by atoms with Crippen molar-refractivity contribution in [2.24, 2.45) is 0 Å². The zero-order chi connectivity index (χ0) is 18.0. The molecular weight excluding hydrogens is 349 g/mol. The molecule has 7 nitrogen and oxygen atoms in total. The molecular formula is C16H15ClFN5O2. The number of carbonyl (C=O) groups excluding carboxylic acids is 2. The molecule has 1 fully saturated rings. The van der Waals surface area contributed by atoms with Crippen LogP contribution in [-0.2, 0) is 9.59 Å². The molecule has 1 atom stereocenters. The number of aromatic nitrogens is 2. The minimum atomic E-state index is -0.403. The van der Waals surface area contributed by atoms with Gasteiger partial charge in [-0.3, -0.25) is 14.9 Å². The van der Waals surface area contributed by atoms with Crippen LogP contribution in [0.15, 0.2) is 30.3 Å². The van der Waals surface area contributed by atoms with E-state index in [0.717, 1.165) is 5.56 Å². The lowest BCUT2D eigenvalue weighted by Crippen LogP contribution is -2.51. The van der Waals surface area contributed by atoms with Gasteiger partial charge in [0.1, 0.15) is 16.8 Å². The molecule has 0 bridgehead atoms. The van der Waals surface area contributed by atoms with Gasteiger partial charge in [0.25, 0.3) is 0 Å². The molecule has 2 heterocycles. The fraction of sp³-hybridized carbons (Fsp3) is 0.250. The Labute approximate surface area is 148 Å². The minimum Gasteiger partial charge on any atom is -0.348 e. The zero-order valence-electron chi connectivity index (χ0n) is 13.3. The van der Waals surface area contributed by atoms with Gasteiger partial charge in [-0.25, -0.2) is 9.37 Å². The SMILES string of the molecule is C[C@H](Nc1nc(Cl)cc(N2CC(=O)NC(=O)C2)n1)c1ccc(F)cc1. The highest BCUT2D eigenvalue weighted by Crippen LogP contribution is 2.22. The molecule has 1 aliphatic heterocycles. The van der Waals surface area contributed by atoms with E-state index < -0.39 is 11.8 Å². The second-order valence-electron chi connectivity index (χ2n) is 5.62. The number of imide groups is 1. The summed E-state index contributed by atoms with van der Waals surface area (Å²) in [7, 11) is 0. The average Bonchev–Trinajstić information content (AvgIpc) is 2.54. The van der Waals surface area contributed by atoms with Crippen LogP contribution in [0.3, 0.4) is 0 Å². The Bertz CT molecular complexity index is 799. The van der Waals surface area contributed by atoms with Gasteiger partial charge in [0, 0.05) is 6.07 Å². The summed E-state index contributed by atoms with van der Waals surface area (Å²) < 4.78 is 13.0. The summed E-state index contributed by atoms with van der Waals surface area (Å²) in [4.78, 5) is 33.0. The number of rotatable bonds is 4. The second-order valence-corrected chi connectivity index (χ2v) is 6.00. The third kappa shape index (κ3) is 4.21. The van der Waals surface area contributed by atoms with Gasteiger partial charge in [0.05, 0.1) is 19.1 Å². The summed E-state index contributed by atoms with van der Waals surface area (Å²) in [6.07, 6.45) is 0. The molecule has 0 spiro atoms. The fourth-order valence-corrected chi connectivity index (χ4v) is 2.64. The minimum absolute atomic E-state index is 0.00599. The molecule has 0 unspecified atom stereocenters. The highest BCUT2D eigenvalue weighted by atomic mass is 35.5. The number of hydrogen-bond donors (Lipinski definition) is 2. The van der Waals surface area contributed by atoms with E-state index in [4.69, 9.17) is 11.6 Å². The van der Waals surface area contributed by atoms with Crippen LogP contribution in [0, 0.1) is 5.82 Å². The van der Waals surface area contributed by atoms with Gasteiger partial charge in [-0.1, -0.05) is 23.7 Å². The Kier molecular flexibility index (Phi) is 4.80. The first-order valence-electron chi connectivity index (χ1n) is 7.55. The predicted molar refractivity (Wildman–Crippen MR) is 90.8 cm³/mol. The van der Waals surface area contributed by atoms with Crippen molar-refractivity contribution in [1.82, 2.24) is 15.3 Å². The number of anilines is 2. The smallest absolute Gasteiger partial charge is 0.246 e. The normalized spacial score (nSPS) is 15.7. The third-order valence-electron chi connectivity index (χ3n) is 3.67. The molecule has 9 heteroatoms. The Balaban J connectivity index is 1.80. The van der Waals surface area contributed by atoms with Gasteiger partial charge < -0.3 is 10.2 Å². The van der Waals surface area contributed by atoms with Gasteiger partial charge in [-0.2, -0.15) is 4.98 Å². The fourth-order valence-electron chi connectivity index (χ4n) is 2.46. The van der Waals surface area contributed by atoms with Crippen molar-refractivity contribution in [2.45, 2.75) is 13.0 Å². The van der Waals surface area contributed by atoms with Crippen LogP contribution < -0.4 is 15.5 Å². The lowest BCUT2D eigenvalue weighted by molar-refractivity contribution is -0.130.